The molecule has 2 unspecified atom stereocenters. The number of likely N-dealkylation sites (tertiary alicyclic amines) is 1. The molecule has 4 atom stereocenters. The van der Waals surface area contributed by atoms with Crippen molar-refractivity contribution in [1.29, 1.82) is 0 Å². The van der Waals surface area contributed by atoms with Crippen molar-refractivity contribution in [2.24, 2.45) is 11.8 Å². The molecule has 0 aromatic carbocycles. The minimum atomic E-state index is 0.179. The average molecular weight is 211 g/mol. The van der Waals surface area contributed by atoms with E-state index >= 15 is 0 Å². The molecule has 0 N–H and O–H groups in total. The van der Waals surface area contributed by atoms with Crippen LogP contribution in [-0.4, -0.2) is 22.9 Å². The summed E-state index contributed by atoms with van der Waals surface area (Å²) in [5.74, 6) is 1.04. The lowest BCUT2D eigenvalue weighted by Crippen LogP contribution is -2.43. The maximum atomic E-state index is 12.3. The van der Waals surface area contributed by atoms with Crippen LogP contribution in [0, 0.1) is 11.8 Å². The van der Waals surface area contributed by atoms with E-state index in [0.29, 0.717) is 23.9 Å². The van der Waals surface area contributed by atoms with E-state index in [1.165, 1.54) is 12.8 Å². The summed E-state index contributed by atoms with van der Waals surface area (Å²) in [6, 6.07) is 0.887. The van der Waals surface area contributed by atoms with E-state index in [1.54, 1.807) is 0 Å². The molecule has 2 heteroatoms. The number of rotatable bonds is 3. The number of carbonyl (C=O) groups excluding carboxylic acids is 1. The van der Waals surface area contributed by atoms with Gasteiger partial charge in [0, 0.05) is 18.0 Å². The first-order valence-corrected chi connectivity index (χ1v) is 6.31. The van der Waals surface area contributed by atoms with Crippen LogP contribution >= 0.6 is 0 Å². The highest BCUT2D eigenvalue weighted by molar-refractivity contribution is 5.79. The molecule has 15 heavy (non-hydrogen) atoms. The van der Waals surface area contributed by atoms with E-state index in [4.69, 9.17) is 0 Å². The number of nitrogens with zero attached hydrogens (tertiary/aromatic N) is 1. The Hall–Kier alpha value is -0.530. The second kappa shape index (κ2) is 5.00. The molecule has 0 aromatic rings. The summed E-state index contributed by atoms with van der Waals surface area (Å²) in [7, 11) is 0. The molecule has 0 aromatic heterocycles. The highest BCUT2D eigenvalue weighted by Gasteiger charge is 2.34. The summed E-state index contributed by atoms with van der Waals surface area (Å²) >= 11 is 0. The van der Waals surface area contributed by atoms with E-state index in [2.05, 4.69) is 39.5 Å². The van der Waals surface area contributed by atoms with Crippen molar-refractivity contribution in [3.63, 3.8) is 0 Å². The van der Waals surface area contributed by atoms with Gasteiger partial charge in [0.2, 0.25) is 5.91 Å². The molecular weight excluding hydrogens is 186 g/mol. The lowest BCUT2D eigenvalue weighted by atomic mass is 9.92. The summed E-state index contributed by atoms with van der Waals surface area (Å²) in [5, 5.41) is 0. The fraction of sp³-hybridized carbons (Fsp3) is 0.923. The number of amides is 1. The van der Waals surface area contributed by atoms with Crippen LogP contribution in [0.4, 0.5) is 0 Å². The lowest BCUT2D eigenvalue weighted by molar-refractivity contribution is -0.138. The summed E-state index contributed by atoms with van der Waals surface area (Å²) in [6.07, 6.45) is 3.42. The van der Waals surface area contributed by atoms with Crippen molar-refractivity contribution in [2.45, 2.75) is 66.0 Å². The Balaban J connectivity index is 2.66. The zero-order valence-corrected chi connectivity index (χ0v) is 10.8. The maximum Gasteiger partial charge on any atom is 0.226 e. The van der Waals surface area contributed by atoms with Gasteiger partial charge >= 0.3 is 0 Å². The molecule has 1 rings (SSSR count). The van der Waals surface area contributed by atoms with Gasteiger partial charge < -0.3 is 4.90 Å². The minimum Gasteiger partial charge on any atom is -0.337 e. The minimum absolute atomic E-state index is 0.179. The summed E-state index contributed by atoms with van der Waals surface area (Å²) in [4.78, 5) is 14.4. The molecule has 1 amide bonds. The first kappa shape index (κ1) is 12.5. The van der Waals surface area contributed by atoms with Crippen molar-refractivity contribution in [3.8, 4) is 0 Å². The molecule has 0 saturated carbocycles. The zero-order valence-electron chi connectivity index (χ0n) is 10.8. The van der Waals surface area contributed by atoms with Crippen molar-refractivity contribution >= 4 is 5.91 Å². The Bertz CT molecular complexity index is 217. The van der Waals surface area contributed by atoms with Crippen LogP contribution in [-0.2, 0) is 4.79 Å². The normalized spacial score (nSPS) is 30.3. The zero-order chi connectivity index (χ0) is 11.6. The maximum absolute atomic E-state index is 12.3. The van der Waals surface area contributed by atoms with Gasteiger partial charge in [0.05, 0.1) is 0 Å². The molecule has 0 radical (unpaired) electrons. The molecule has 88 valence electrons. The fourth-order valence-corrected chi connectivity index (χ4v) is 2.46. The molecule has 2 nitrogen and oxygen atoms in total. The molecular formula is C13H25NO. The van der Waals surface area contributed by atoms with Crippen LogP contribution in [0.3, 0.4) is 0 Å². The monoisotopic (exact) mass is 211 g/mol. The van der Waals surface area contributed by atoms with Crippen LogP contribution in [0.25, 0.3) is 0 Å². The summed E-state index contributed by atoms with van der Waals surface area (Å²) < 4.78 is 0. The van der Waals surface area contributed by atoms with Crippen molar-refractivity contribution in [1.82, 2.24) is 4.90 Å². The summed E-state index contributed by atoms with van der Waals surface area (Å²) in [6.45, 7) is 10.8. The highest BCUT2D eigenvalue weighted by atomic mass is 16.2. The Morgan fingerprint density at radius 3 is 2.13 bits per heavy atom. The van der Waals surface area contributed by atoms with Crippen molar-refractivity contribution in [2.75, 3.05) is 0 Å². The highest BCUT2D eigenvalue weighted by Crippen LogP contribution is 2.27. The van der Waals surface area contributed by atoms with Crippen molar-refractivity contribution in [3.05, 3.63) is 0 Å². The van der Waals surface area contributed by atoms with Gasteiger partial charge in [-0.1, -0.05) is 27.2 Å². The fourth-order valence-electron chi connectivity index (χ4n) is 2.46. The van der Waals surface area contributed by atoms with E-state index < -0.39 is 0 Å². The number of hydrogen-bond acceptors (Lipinski definition) is 1. The van der Waals surface area contributed by atoms with Crippen LogP contribution < -0.4 is 0 Å². The topological polar surface area (TPSA) is 20.3 Å². The van der Waals surface area contributed by atoms with Gasteiger partial charge in [0.15, 0.2) is 0 Å². The Morgan fingerprint density at radius 2 is 1.73 bits per heavy atom. The SMILES string of the molecule is CCC(C)[C@H](C)C(=O)N1C(C)CC[C@H]1C. The summed E-state index contributed by atoms with van der Waals surface area (Å²) in [5.41, 5.74) is 0. The third-order valence-corrected chi connectivity index (χ3v) is 4.09. The van der Waals surface area contributed by atoms with Gasteiger partial charge in [0.25, 0.3) is 0 Å². The van der Waals surface area contributed by atoms with Crippen LogP contribution in [0.2, 0.25) is 0 Å². The Kier molecular flexibility index (Phi) is 4.18. The smallest absolute Gasteiger partial charge is 0.226 e. The van der Waals surface area contributed by atoms with Gasteiger partial charge in [0.1, 0.15) is 0 Å². The van der Waals surface area contributed by atoms with Gasteiger partial charge in [-0.05, 0) is 32.6 Å². The third kappa shape index (κ3) is 2.53. The second-order valence-corrected chi connectivity index (χ2v) is 5.20. The van der Waals surface area contributed by atoms with E-state index in [-0.39, 0.29) is 5.92 Å². The Morgan fingerprint density at radius 1 is 1.27 bits per heavy atom. The molecule has 0 bridgehead atoms. The Labute approximate surface area is 94.0 Å². The molecule has 0 aliphatic carbocycles. The average Bonchev–Trinajstić information content (AvgIpc) is 2.55. The van der Waals surface area contributed by atoms with Gasteiger partial charge in [-0.3, -0.25) is 4.79 Å². The predicted octanol–water partition coefficient (Wildman–Crippen LogP) is 3.07. The second-order valence-electron chi connectivity index (χ2n) is 5.20. The van der Waals surface area contributed by atoms with E-state index in [0.717, 1.165) is 6.42 Å². The molecule has 1 saturated heterocycles. The molecule has 0 spiro atoms. The first-order chi connectivity index (χ1) is 6.99. The van der Waals surface area contributed by atoms with Crippen LogP contribution in [0.15, 0.2) is 0 Å². The molecule has 1 aliphatic rings. The quantitative estimate of drug-likeness (QED) is 0.702. The van der Waals surface area contributed by atoms with Gasteiger partial charge in [-0.25, -0.2) is 0 Å². The standard InChI is InChI=1S/C13H25NO/c1-6-9(2)12(5)13(15)14-10(3)7-8-11(14)4/h9-12H,6-8H2,1-5H3/t9?,10-,11?,12+/m1/s1. The number of hydrogen-bond donors (Lipinski definition) is 0. The van der Waals surface area contributed by atoms with Crippen LogP contribution in [0.5, 0.6) is 0 Å². The van der Waals surface area contributed by atoms with Gasteiger partial charge in [-0.15, -0.1) is 0 Å². The predicted molar refractivity (Wildman–Crippen MR) is 63.6 cm³/mol. The molecule has 1 fully saturated rings. The van der Waals surface area contributed by atoms with Crippen molar-refractivity contribution < 1.29 is 4.79 Å². The van der Waals surface area contributed by atoms with Gasteiger partial charge in [-0.2, -0.15) is 0 Å². The first-order valence-electron chi connectivity index (χ1n) is 6.31. The lowest BCUT2D eigenvalue weighted by Gasteiger charge is -2.31. The third-order valence-electron chi connectivity index (χ3n) is 4.09. The van der Waals surface area contributed by atoms with Crippen LogP contribution in [0.1, 0.15) is 53.9 Å². The number of carbonyl (C=O) groups is 1. The van der Waals surface area contributed by atoms with E-state index in [1.807, 2.05) is 0 Å². The molecule has 1 heterocycles. The largest absolute Gasteiger partial charge is 0.337 e. The van der Waals surface area contributed by atoms with E-state index in [9.17, 15) is 4.79 Å². The molecule has 1 aliphatic heterocycles.